The van der Waals surface area contributed by atoms with Crippen molar-refractivity contribution in [1.82, 2.24) is 0 Å². The van der Waals surface area contributed by atoms with Crippen LogP contribution in [0.1, 0.15) is 19.3 Å². The zero-order chi connectivity index (χ0) is 8.97. The molecule has 0 amide bonds. The maximum Gasteiger partial charge on any atom is 0.330 e. The lowest BCUT2D eigenvalue weighted by Gasteiger charge is -1.97. The molecule has 1 fully saturated rings. The Morgan fingerprint density at radius 3 is 2.92 bits per heavy atom. The Labute approximate surface area is 71.4 Å². The average molecular weight is 168 g/mol. The first kappa shape index (κ1) is 8.97. The maximum absolute atomic E-state index is 10.8. The molecule has 0 spiro atoms. The number of hydrogen-bond acceptors (Lipinski definition) is 3. The highest BCUT2D eigenvalue weighted by Crippen LogP contribution is 2.22. The Kier molecular flexibility index (Phi) is 3.02. The largest absolute Gasteiger partial charge is 0.466 e. The van der Waals surface area contributed by atoms with Gasteiger partial charge in [-0.15, -0.1) is 0 Å². The summed E-state index contributed by atoms with van der Waals surface area (Å²) in [5.74, 6) is 0.181. The number of carbonyl (C=O) groups excluding carboxylic acids is 2. The molecule has 1 rings (SSSR count). The van der Waals surface area contributed by atoms with Crippen LogP contribution in [0.4, 0.5) is 0 Å². The van der Waals surface area contributed by atoms with Crippen LogP contribution in [0.25, 0.3) is 0 Å². The first-order chi connectivity index (χ1) is 5.72. The number of hydrogen-bond donors (Lipinski definition) is 0. The zero-order valence-corrected chi connectivity index (χ0v) is 7.08. The Balaban J connectivity index is 2.36. The van der Waals surface area contributed by atoms with Crippen molar-refractivity contribution in [3.05, 3.63) is 12.2 Å². The summed E-state index contributed by atoms with van der Waals surface area (Å²) in [5, 5.41) is 0. The van der Waals surface area contributed by atoms with Gasteiger partial charge in [0.2, 0.25) is 0 Å². The van der Waals surface area contributed by atoms with Crippen LogP contribution >= 0.6 is 0 Å². The summed E-state index contributed by atoms with van der Waals surface area (Å²) in [5.41, 5.74) is 0. The molecular formula is C9H12O3. The van der Waals surface area contributed by atoms with E-state index in [1.807, 2.05) is 0 Å². The number of ketones is 1. The molecule has 3 heteroatoms. The van der Waals surface area contributed by atoms with Crippen molar-refractivity contribution < 1.29 is 14.3 Å². The Morgan fingerprint density at radius 1 is 1.67 bits per heavy atom. The number of Topliss-reactive ketones (excluding diaryl/α,β-unsaturated/α-hetero) is 1. The standard InChI is InChI=1S/C9H12O3/c1-12-9(11)5-3-7-2-4-8(10)6-7/h3,5,7H,2,4,6H2,1H3/b5-3+/t7-/m0/s1. The van der Waals surface area contributed by atoms with E-state index in [9.17, 15) is 9.59 Å². The van der Waals surface area contributed by atoms with E-state index < -0.39 is 0 Å². The van der Waals surface area contributed by atoms with Crippen molar-refractivity contribution in [3.8, 4) is 0 Å². The minimum atomic E-state index is -0.352. The number of esters is 1. The molecule has 1 atom stereocenters. The molecule has 1 aliphatic rings. The van der Waals surface area contributed by atoms with Gasteiger partial charge in [-0.25, -0.2) is 4.79 Å². The fourth-order valence-corrected chi connectivity index (χ4v) is 1.29. The molecule has 12 heavy (non-hydrogen) atoms. The van der Waals surface area contributed by atoms with Crippen molar-refractivity contribution >= 4 is 11.8 Å². The lowest BCUT2D eigenvalue weighted by atomic mass is 10.1. The SMILES string of the molecule is COC(=O)/C=C/[C@@H]1CCC(=O)C1. The molecule has 0 unspecified atom stereocenters. The molecule has 0 aliphatic heterocycles. The van der Waals surface area contributed by atoms with Gasteiger partial charge < -0.3 is 4.74 Å². The van der Waals surface area contributed by atoms with E-state index in [-0.39, 0.29) is 17.7 Å². The van der Waals surface area contributed by atoms with Gasteiger partial charge in [0.05, 0.1) is 7.11 Å². The van der Waals surface area contributed by atoms with E-state index in [0.717, 1.165) is 6.42 Å². The van der Waals surface area contributed by atoms with Gasteiger partial charge in [-0.05, 0) is 12.3 Å². The van der Waals surface area contributed by atoms with Crippen LogP contribution in [-0.4, -0.2) is 18.9 Å². The average Bonchev–Trinajstić information content (AvgIpc) is 2.47. The van der Waals surface area contributed by atoms with Gasteiger partial charge in [0.1, 0.15) is 5.78 Å². The molecule has 0 aromatic rings. The number of ether oxygens (including phenoxy) is 1. The summed E-state index contributed by atoms with van der Waals surface area (Å²) in [4.78, 5) is 21.5. The second-order valence-electron chi connectivity index (χ2n) is 2.92. The minimum Gasteiger partial charge on any atom is -0.466 e. The summed E-state index contributed by atoms with van der Waals surface area (Å²) in [7, 11) is 1.34. The van der Waals surface area contributed by atoms with Gasteiger partial charge in [-0.3, -0.25) is 4.79 Å². The summed E-state index contributed by atoms with van der Waals surface area (Å²) in [6.45, 7) is 0. The number of methoxy groups -OCH3 is 1. The normalized spacial score (nSPS) is 23.4. The molecule has 0 N–H and O–H groups in total. The van der Waals surface area contributed by atoms with E-state index in [1.54, 1.807) is 6.08 Å². The summed E-state index contributed by atoms with van der Waals surface area (Å²) < 4.78 is 4.43. The summed E-state index contributed by atoms with van der Waals surface area (Å²) in [6.07, 6.45) is 5.25. The van der Waals surface area contributed by atoms with Crippen LogP contribution < -0.4 is 0 Å². The molecule has 0 aromatic heterocycles. The van der Waals surface area contributed by atoms with Gasteiger partial charge in [0.25, 0.3) is 0 Å². The Morgan fingerprint density at radius 2 is 2.42 bits per heavy atom. The van der Waals surface area contributed by atoms with E-state index >= 15 is 0 Å². The Hall–Kier alpha value is -1.12. The molecule has 66 valence electrons. The molecule has 1 saturated carbocycles. The fraction of sp³-hybridized carbons (Fsp3) is 0.556. The van der Waals surface area contributed by atoms with Crippen LogP contribution in [0.2, 0.25) is 0 Å². The Bertz CT molecular complexity index is 218. The van der Waals surface area contributed by atoms with Gasteiger partial charge in [0.15, 0.2) is 0 Å². The van der Waals surface area contributed by atoms with Crippen LogP contribution in [0.3, 0.4) is 0 Å². The molecule has 3 nitrogen and oxygen atoms in total. The van der Waals surface area contributed by atoms with Gasteiger partial charge in [-0.1, -0.05) is 6.08 Å². The molecule has 0 aromatic carbocycles. The first-order valence-corrected chi connectivity index (χ1v) is 4.00. The van der Waals surface area contributed by atoms with Crippen LogP contribution in [-0.2, 0) is 14.3 Å². The van der Waals surface area contributed by atoms with Crippen molar-refractivity contribution in [2.75, 3.05) is 7.11 Å². The molecule has 0 heterocycles. The summed E-state index contributed by atoms with van der Waals surface area (Å²) in [6, 6.07) is 0. The third-order valence-electron chi connectivity index (χ3n) is 1.99. The third kappa shape index (κ3) is 2.49. The smallest absolute Gasteiger partial charge is 0.330 e. The predicted octanol–water partition coefficient (Wildman–Crippen LogP) is 1.08. The van der Waals surface area contributed by atoms with Gasteiger partial charge in [0, 0.05) is 18.9 Å². The molecule has 0 saturated heterocycles. The lowest BCUT2D eigenvalue weighted by Crippen LogP contribution is -1.96. The monoisotopic (exact) mass is 168 g/mol. The predicted molar refractivity (Wildman–Crippen MR) is 43.5 cm³/mol. The van der Waals surface area contributed by atoms with Crippen molar-refractivity contribution in [3.63, 3.8) is 0 Å². The van der Waals surface area contributed by atoms with E-state index in [0.29, 0.717) is 12.8 Å². The second kappa shape index (κ2) is 4.04. The maximum atomic E-state index is 10.8. The first-order valence-electron chi connectivity index (χ1n) is 4.00. The van der Waals surface area contributed by atoms with E-state index in [2.05, 4.69) is 4.74 Å². The molecular weight excluding hydrogens is 156 g/mol. The topological polar surface area (TPSA) is 43.4 Å². The van der Waals surface area contributed by atoms with E-state index in [1.165, 1.54) is 13.2 Å². The number of rotatable bonds is 2. The molecule has 0 bridgehead atoms. The zero-order valence-electron chi connectivity index (χ0n) is 7.08. The second-order valence-corrected chi connectivity index (χ2v) is 2.92. The number of carbonyl (C=O) groups is 2. The third-order valence-corrected chi connectivity index (χ3v) is 1.99. The molecule has 0 radical (unpaired) electrons. The fourth-order valence-electron chi connectivity index (χ4n) is 1.29. The van der Waals surface area contributed by atoms with Crippen molar-refractivity contribution in [2.45, 2.75) is 19.3 Å². The van der Waals surface area contributed by atoms with Crippen LogP contribution in [0, 0.1) is 5.92 Å². The number of allylic oxidation sites excluding steroid dienone is 1. The van der Waals surface area contributed by atoms with E-state index in [4.69, 9.17) is 0 Å². The highest BCUT2D eigenvalue weighted by molar-refractivity contribution is 5.83. The van der Waals surface area contributed by atoms with Gasteiger partial charge >= 0.3 is 5.97 Å². The highest BCUT2D eigenvalue weighted by atomic mass is 16.5. The van der Waals surface area contributed by atoms with Crippen LogP contribution in [0.15, 0.2) is 12.2 Å². The van der Waals surface area contributed by atoms with Crippen LogP contribution in [0.5, 0.6) is 0 Å². The van der Waals surface area contributed by atoms with Gasteiger partial charge in [-0.2, -0.15) is 0 Å². The van der Waals surface area contributed by atoms with Crippen molar-refractivity contribution in [2.24, 2.45) is 5.92 Å². The highest BCUT2D eigenvalue weighted by Gasteiger charge is 2.19. The molecule has 1 aliphatic carbocycles. The summed E-state index contributed by atoms with van der Waals surface area (Å²) >= 11 is 0. The van der Waals surface area contributed by atoms with Crippen molar-refractivity contribution in [1.29, 1.82) is 0 Å². The quantitative estimate of drug-likeness (QED) is 0.458. The minimum absolute atomic E-state index is 0.247. The lowest BCUT2D eigenvalue weighted by molar-refractivity contribution is -0.134.